The fourth-order valence-corrected chi connectivity index (χ4v) is 2.62. The molecule has 0 radical (unpaired) electrons. The molecule has 29 heavy (non-hydrogen) atoms. The number of nitrogens with one attached hydrogen (secondary N) is 1. The smallest absolute Gasteiger partial charge is 0.344 e. The number of rotatable bonds is 8. The number of hydrogen-bond donors (Lipinski definition) is 4. The second-order valence-electron chi connectivity index (χ2n) is 5.56. The van der Waals surface area contributed by atoms with Crippen molar-refractivity contribution < 1.29 is 38.8 Å². The zero-order chi connectivity index (χ0) is 21.7. The first kappa shape index (κ1) is 21.3. The summed E-state index contributed by atoms with van der Waals surface area (Å²) in [6, 6.07) is 3.94. The standard InChI is InChI=1S/C18H18N2O9/c1-3-28-11(21)7-29-10-6-8(4-5-9(10)27-2)12-13(17(23)24)15(19)20-16(22)14(12)18(25)26/h4-6H,3,7H2,1-2H3,(H,23,24)(H,25,26)(H3,19,20,22). The summed E-state index contributed by atoms with van der Waals surface area (Å²) in [5, 5.41) is 18.9. The van der Waals surface area contributed by atoms with Gasteiger partial charge >= 0.3 is 17.9 Å². The van der Waals surface area contributed by atoms with Crippen LogP contribution in [0.25, 0.3) is 11.1 Å². The molecule has 0 aliphatic carbocycles. The Morgan fingerprint density at radius 2 is 1.76 bits per heavy atom. The van der Waals surface area contributed by atoms with Crippen LogP contribution >= 0.6 is 0 Å². The molecule has 2 aromatic rings. The third kappa shape index (κ3) is 4.46. The van der Waals surface area contributed by atoms with Crippen molar-refractivity contribution in [3.63, 3.8) is 0 Å². The second kappa shape index (κ2) is 8.78. The van der Waals surface area contributed by atoms with Crippen molar-refractivity contribution in [1.29, 1.82) is 0 Å². The predicted octanol–water partition coefficient (Wildman–Crippen LogP) is 0.971. The molecule has 5 N–H and O–H groups in total. The fourth-order valence-electron chi connectivity index (χ4n) is 2.62. The molecule has 1 aromatic carbocycles. The zero-order valence-corrected chi connectivity index (χ0v) is 15.5. The average Bonchev–Trinajstić information content (AvgIpc) is 2.65. The van der Waals surface area contributed by atoms with E-state index in [-0.39, 0.29) is 23.7 Å². The largest absolute Gasteiger partial charge is 0.493 e. The van der Waals surface area contributed by atoms with E-state index >= 15 is 0 Å². The van der Waals surface area contributed by atoms with Gasteiger partial charge in [0.25, 0.3) is 5.56 Å². The SMILES string of the molecule is CCOC(=O)COc1cc(-c2c(C(=O)O)c(N)[nH]c(=O)c2C(=O)O)ccc1OC. The van der Waals surface area contributed by atoms with Crippen LogP contribution in [0.4, 0.5) is 5.82 Å². The van der Waals surface area contributed by atoms with E-state index in [0.717, 1.165) is 0 Å². The lowest BCUT2D eigenvalue weighted by atomic mass is 9.95. The molecule has 0 saturated carbocycles. The molecular weight excluding hydrogens is 388 g/mol. The normalized spacial score (nSPS) is 10.3. The fraction of sp³-hybridized carbons (Fsp3) is 0.222. The summed E-state index contributed by atoms with van der Waals surface area (Å²) < 4.78 is 15.2. The van der Waals surface area contributed by atoms with Gasteiger partial charge in [0, 0.05) is 5.56 Å². The number of nitrogen functional groups attached to an aromatic ring is 1. The van der Waals surface area contributed by atoms with E-state index in [1.807, 2.05) is 4.98 Å². The van der Waals surface area contributed by atoms with Crippen molar-refractivity contribution >= 4 is 23.7 Å². The van der Waals surface area contributed by atoms with Crippen LogP contribution in [0.15, 0.2) is 23.0 Å². The number of anilines is 1. The number of carboxylic acid groups (broad SMARTS) is 2. The number of nitrogens with two attached hydrogens (primary N) is 1. The molecule has 0 fully saturated rings. The van der Waals surface area contributed by atoms with Crippen molar-refractivity contribution in [2.45, 2.75) is 6.92 Å². The number of carbonyl (C=O) groups excluding carboxylic acids is 1. The highest BCUT2D eigenvalue weighted by Gasteiger charge is 2.27. The molecule has 0 aliphatic rings. The van der Waals surface area contributed by atoms with Crippen molar-refractivity contribution in [3.05, 3.63) is 39.7 Å². The molecule has 1 aromatic heterocycles. The van der Waals surface area contributed by atoms with Gasteiger partial charge in [-0.05, 0) is 24.6 Å². The Balaban J connectivity index is 2.70. The maximum atomic E-state index is 12.1. The summed E-state index contributed by atoms with van der Waals surface area (Å²) in [5.74, 6) is -4.16. The van der Waals surface area contributed by atoms with Gasteiger partial charge in [-0.1, -0.05) is 6.07 Å². The van der Waals surface area contributed by atoms with Crippen molar-refractivity contribution in [2.75, 3.05) is 26.1 Å². The van der Waals surface area contributed by atoms with Crippen LogP contribution < -0.4 is 20.8 Å². The summed E-state index contributed by atoms with van der Waals surface area (Å²) in [7, 11) is 1.34. The number of aromatic nitrogens is 1. The number of aromatic carboxylic acids is 2. The predicted molar refractivity (Wildman–Crippen MR) is 99.5 cm³/mol. The van der Waals surface area contributed by atoms with Gasteiger partial charge in [-0.2, -0.15) is 0 Å². The number of ether oxygens (including phenoxy) is 3. The zero-order valence-electron chi connectivity index (χ0n) is 15.5. The van der Waals surface area contributed by atoms with E-state index in [9.17, 15) is 29.4 Å². The summed E-state index contributed by atoms with van der Waals surface area (Å²) in [6.45, 7) is 1.30. The summed E-state index contributed by atoms with van der Waals surface area (Å²) >= 11 is 0. The number of hydrogen-bond acceptors (Lipinski definition) is 8. The molecule has 1 heterocycles. The Bertz CT molecular complexity index is 1030. The quantitative estimate of drug-likeness (QED) is 0.462. The molecule has 0 spiro atoms. The van der Waals surface area contributed by atoms with Crippen LogP contribution in [0.2, 0.25) is 0 Å². The number of carboxylic acids is 2. The molecule has 11 nitrogen and oxygen atoms in total. The summed E-state index contributed by atoms with van der Waals surface area (Å²) in [5.41, 5.74) is 2.74. The third-order valence-electron chi connectivity index (χ3n) is 3.78. The van der Waals surface area contributed by atoms with E-state index in [0.29, 0.717) is 0 Å². The Morgan fingerprint density at radius 1 is 1.10 bits per heavy atom. The third-order valence-corrected chi connectivity index (χ3v) is 3.78. The van der Waals surface area contributed by atoms with E-state index in [2.05, 4.69) is 0 Å². The highest BCUT2D eigenvalue weighted by atomic mass is 16.6. The van der Waals surface area contributed by atoms with Crippen molar-refractivity contribution in [2.24, 2.45) is 0 Å². The van der Waals surface area contributed by atoms with Gasteiger partial charge in [-0.3, -0.25) is 4.79 Å². The first-order chi connectivity index (χ1) is 13.7. The highest BCUT2D eigenvalue weighted by molar-refractivity contribution is 6.07. The lowest BCUT2D eigenvalue weighted by Gasteiger charge is -2.15. The monoisotopic (exact) mass is 406 g/mol. The summed E-state index contributed by atoms with van der Waals surface area (Å²) in [4.78, 5) is 49.0. The lowest BCUT2D eigenvalue weighted by Crippen LogP contribution is -2.24. The molecular formula is C18H18N2O9. The van der Waals surface area contributed by atoms with Gasteiger partial charge in [-0.15, -0.1) is 0 Å². The minimum Gasteiger partial charge on any atom is -0.493 e. The van der Waals surface area contributed by atoms with Gasteiger partial charge in [0.2, 0.25) is 0 Å². The van der Waals surface area contributed by atoms with E-state index in [4.69, 9.17) is 19.9 Å². The minimum atomic E-state index is -1.64. The number of pyridine rings is 1. The van der Waals surface area contributed by atoms with Gasteiger partial charge in [0.15, 0.2) is 18.1 Å². The number of H-pyrrole nitrogens is 1. The Labute approximate surface area is 163 Å². The van der Waals surface area contributed by atoms with Crippen LogP contribution in [-0.4, -0.2) is 53.4 Å². The van der Waals surface area contributed by atoms with Crippen molar-refractivity contribution in [1.82, 2.24) is 4.98 Å². The van der Waals surface area contributed by atoms with Crippen LogP contribution in [-0.2, 0) is 9.53 Å². The number of carbonyl (C=O) groups is 3. The number of esters is 1. The maximum Gasteiger partial charge on any atom is 0.344 e. The van der Waals surface area contributed by atoms with Gasteiger partial charge < -0.3 is 35.1 Å². The molecule has 0 atom stereocenters. The van der Waals surface area contributed by atoms with E-state index in [1.165, 1.54) is 25.3 Å². The molecule has 11 heteroatoms. The van der Waals surface area contributed by atoms with Crippen LogP contribution in [0.5, 0.6) is 11.5 Å². The topological polar surface area (TPSA) is 178 Å². The highest BCUT2D eigenvalue weighted by Crippen LogP contribution is 2.36. The molecule has 0 bridgehead atoms. The number of aromatic amines is 1. The molecule has 0 saturated heterocycles. The average molecular weight is 406 g/mol. The first-order valence-electron chi connectivity index (χ1n) is 8.20. The van der Waals surface area contributed by atoms with Crippen LogP contribution in [0, 0.1) is 0 Å². The Kier molecular flexibility index (Phi) is 6.44. The molecule has 0 aliphatic heterocycles. The molecule has 2 rings (SSSR count). The molecule has 0 unspecified atom stereocenters. The second-order valence-corrected chi connectivity index (χ2v) is 5.56. The summed E-state index contributed by atoms with van der Waals surface area (Å²) in [6.07, 6.45) is 0. The van der Waals surface area contributed by atoms with Crippen molar-refractivity contribution in [3.8, 4) is 22.6 Å². The Morgan fingerprint density at radius 3 is 2.31 bits per heavy atom. The molecule has 0 amide bonds. The maximum absolute atomic E-state index is 12.1. The first-order valence-corrected chi connectivity index (χ1v) is 8.20. The van der Waals surface area contributed by atoms with Crippen LogP contribution in [0.3, 0.4) is 0 Å². The van der Waals surface area contributed by atoms with Gasteiger partial charge in [-0.25, -0.2) is 14.4 Å². The van der Waals surface area contributed by atoms with E-state index < -0.39 is 52.6 Å². The van der Waals surface area contributed by atoms with Gasteiger partial charge in [0.1, 0.15) is 16.9 Å². The number of benzene rings is 1. The lowest BCUT2D eigenvalue weighted by molar-refractivity contribution is -0.145. The minimum absolute atomic E-state index is 0.00424. The van der Waals surface area contributed by atoms with Crippen LogP contribution in [0.1, 0.15) is 27.6 Å². The number of methoxy groups -OCH3 is 1. The molecule has 154 valence electrons. The van der Waals surface area contributed by atoms with Gasteiger partial charge in [0.05, 0.1) is 13.7 Å². The Hall–Kier alpha value is -4.02. The van der Waals surface area contributed by atoms with E-state index in [1.54, 1.807) is 6.92 Å².